The van der Waals surface area contributed by atoms with Crippen molar-refractivity contribution in [3.05, 3.63) is 54.5 Å². The van der Waals surface area contributed by atoms with Crippen LogP contribution in [0, 0.1) is 0 Å². The van der Waals surface area contributed by atoms with Crippen LogP contribution in [0.1, 0.15) is 5.56 Å². The van der Waals surface area contributed by atoms with Crippen LogP contribution in [0.3, 0.4) is 0 Å². The molecule has 0 saturated carbocycles. The lowest BCUT2D eigenvalue weighted by Gasteiger charge is -2.05. The van der Waals surface area contributed by atoms with E-state index in [0.29, 0.717) is 18.6 Å². The third-order valence-corrected chi connectivity index (χ3v) is 4.02. The monoisotopic (exact) mass is 332 g/mol. The lowest BCUT2D eigenvalue weighted by atomic mass is 10.0. The van der Waals surface area contributed by atoms with Crippen LogP contribution in [-0.4, -0.2) is 31.1 Å². The van der Waals surface area contributed by atoms with Gasteiger partial charge in [0, 0.05) is 31.5 Å². The minimum Gasteiger partial charge on any atom is -0.355 e. The average Bonchev–Trinajstić information content (AvgIpc) is 3.26. The molecule has 4 rings (SSSR count). The van der Waals surface area contributed by atoms with Gasteiger partial charge in [-0.3, -0.25) is 9.48 Å². The number of carbonyl (C=O) groups is 1. The van der Waals surface area contributed by atoms with E-state index in [-0.39, 0.29) is 0 Å². The van der Waals surface area contributed by atoms with Gasteiger partial charge in [0.1, 0.15) is 5.82 Å². The summed E-state index contributed by atoms with van der Waals surface area (Å²) in [6, 6.07) is 10.0. The van der Waals surface area contributed by atoms with Gasteiger partial charge in [-0.1, -0.05) is 24.3 Å². The summed E-state index contributed by atoms with van der Waals surface area (Å²) in [4.78, 5) is 22.7. The number of H-pyrrole nitrogens is 1. The van der Waals surface area contributed by atoms with E-state index in [1.807, 2.05) is 43.6 Å². The molecule has 0 atom stereocenters. The normalized spacial score (nSPS) is 10.9. The molecule has 4 aromatic rings. The van der Waals surface area contributed by atoms with Crippen molar-refractivity contribution in [2.45, 2.75) is 6.54 Å². The number of benzene rings is 1. The van der Waals surface area contributed by atoms with Gasteiger partial charge >= 0.3 is 0 Å². The highest BCUT2D eigenvalue weighted by Gasteiger charge is 2.12. The number of nitrogens with zero attached hydrogens (tertiary/aromatic N) is 4. The highest BCUT2D eigenvalue weighted by Crippen LogP contribution is 2.28. The van der Waals surface area contributed by atoms with E-state index in [1.54, 1.807) is 17.1 Å². The molecule has 25 heavy (non-hydrogen) atoms. The second-order valence-electron chi connectivity index (χ2n) is 5.74. The fourth-order valence-corrected chi connectivity index (χ4v) is 2.79. The van der Waals surface area contributed by atoms with Gasteiger partial charge in [-0.05, 0) is 17.2 Å². The van der Waals surface area contributed by atoms with Crippen LogP contribution in [0.2, 0.25) is 0 Å². The van der Waals surface area contributed by atoms with Crippen LogP contribution in [0.25, 0.3) is 33.7 Å². The summed E-state index contributed by atoms with van der Waals surface area (Å²) in [6.45, 7) is 0.519. The van der Waals surface area contributed by atoms with Gasteiger partial charge in [-0.15, -0.1) is 0 Å². The maximum atomic E-state index is 10.4. The Kier molecular flexibility index (Phi) is 3.74. The van der Waals surface area contributed by atoms with Gasteiger partial charge in [-0.2, -0.15) is 5.10 Å². The molecule has 0 radical (unpaired) electrons. The first kappa shape index (κ1) is 15.1. The number of fused-ring (bicyclic) bond motifs is 1. The summed E-state index contributed by atoms with van der Waals surface area (Å²) in [7, 11) is 1.87. The lowest BCUT2D eigenvalue weighted by molar-refractivity contribution is -0.109. The predicted octanol–water partition coefficient (Wildman–Crippen LogP) is 2.27. The second kappa shape index (κ2) is 6.20. The van der Waals surface area contributed by atoms with Gasteiger partial charge < -0.3 is 10.3 Å². The first-order valence-electron chi connectivity index (χ1n) is 7.84. The topological polar surface area (TPSA) is 88.5 Å². The van der Waals surface area contributed by atoms with Crippen LogP contribution in [0.15, 0.2) is 48.9 Å². The smallest absolute Gasteiger partial charge is 0.207 e. The Morgan fingerprint density at radius 2 is 2.04 bits per heavy atom. The number of rotatable bonds is 5. The SMILES string of the molecule is Cn1cc(-c2nc3nccc(-c4ccc(CNC=O)cc4)c3[nH]2)cn1. The second-order valence-corrected chi connectivity index (χ2v) is 5.74. The molecule has 0 saturated heterocycles. The van der Waals surface area contributed by atoms with Gasteiger partial charge in [-0.25, -0.2) is 9.97 Å². The molecule has 0 aliphatic carbocycles. The summed E-state index contributed by atoms with van der Waals surface area (Å²) in [5.74, 6) is 0.745. The number of hydrogen-bond acceptors (Lipinski definition) is 4. The van der Waals surface area contributed by atoms with Gasteiger partial charge in [0.25, 0.3) is 0 Å². The summed E-state index contributed by atoms with van der Waals surface area (Å²) in [5, 5.41) is 6.85. The third-order valence-electron chi connectivity index (χ3n) is 4.02. The summed E-state index contributed by atoms with van der Waals surface area (Å²) in [5.41, 5.74) is 5.61. The van der Waals surface area contributed by atoms with Crippen molar-refractivity contribution in [3.8, 4) is 22.5 Å². The number of carbonyl (C=O) groups excluding carboxylic acids is 1. The largest absolute Gasteiger partial charge is 0.355 e. The zero-order valence-electron chi connectivity index (χ0n) is 13.6. The van der Waals surface area contributed by atoms with Crippen molar-refractivity contribution in [2.75, 3.05) is 0 Å². The molecule has 7 heteroatoms. The minimum absolute atomic E-state index is 0.519. The van der Waals surface area contributed by atoms with Crippen LogP contribution in [0.5, 0.6) is 0 Å². The highest BCUT2D eigenvalue weighted by molar-refractivity contribution is 5.91. The Hall–Kier alpha value is -3.48. The van der Waals surface area contributed by atoms with Crippen LogP contribution >= 0.6 is 0 Å². The number of aromatic nitrogens is 5. The van der Waals surface area contributed by atoms with E-state index >= 15 is 0 Å². The Bertz CT molecular complexity index is 1030. The van der Waals surface area contributed by atoms with E-state index in [9.17, 15) is 4.79 Å². The Balaban J connectivity index is 1.74. The van der Waals surface area contributed by atoms with Crippen molar-refractivity contribution in [1.82, 2.24) is 30.0 Å². The predicted molar refractivity (Wildman–Crippen MR) is 94.4 cm³/mol. The van der Waals surface area contributed by atoms with E-state index in [1.165, 1.54) is 0 Å². The zero-order valence-corrected chi connectivity index (χ0v) is 13.6. The molecule has 0 unspecified atom stereocenters. The lowest BCUT2D eigenvalue weighted by Crippen LogP contribution is -2.09. The number of amides is 1. The maximum absolute atomic E-state index is 10.4. The van der Waals surface area contributed by atoms with Crippen LogP contribution in [0.4, 0.5) is 0 Å². The molecule has 1 amide bonds. The van der Waals surface area contributed by atoms with E-state index in [0.717, 1.165) is 33.6 Å². The summed E-state index contributed by atoms with van der Waals surface area (Å²) < 4.78 is 1.74. The molecule has 0 aliphatic rings. The third kappa shape index (κ3) is 2.87. The van der Waals surface area contributed by atoms with E-state index in [4.69, 9.17) is 0 Å². The number of nitrogens with one attached hydrogen (secondary N) is 2. The molecular formula is C18H16N6O. The van der Waals surface area contributed by atoms with Gasteiger partial charge in [0.05, 0.1) is 17.3 Å². The molecular weight excluding hydrogens is 316 g/mol. The summed E-state index contributed by atoms with van der Waals surface area (Å²) in [6.07, 6.45) is 6.14. The molecule has 0 fully saturated rings. The molecule has 7 nitrogen and oxygen atoms in total. The molecule has 0 bridgehead atoms. The molecule has 3 aromatic heterocycles. The number of imidazole rings is 1. The highest BCUT2D eigenvalue weighted by atomic mass is 16.1. The van der Waals surface area contributed by atoms with E-state index in [2.05, 4.69) is 25.4 Å². The Morgan fingerprint density at radius 3 is 2.76 bits per heavy atom. The summed E-state index contributed by atoms with van der Waals surface area (Å²) >= 11 is 0. The number of aryl methyl sites for hydroxylation is 1. The van der Waals surface area contributed by atoms with Gasteiger partial charge in [0.15, 0.2) is 5.65 Å². The zero-order chi connectivity index (χ0) is 17.2. The van der Waals surface area contributed by atoms with Crippen molar-refractivity contribution in [3.63, 3.8) is 0 Å². The first-order valence-corrected chi connectivity index (χ1v) is 7.84. The minimum atomic E-state index is 0.519. The van der Waals surface area contributed by atoms with Crippen molar-refractivity contribution in [2.24, 2.45) is 7.05 Å². The molecule has 3 heterocycles. The number of pyridine rings is 1. The molecule has 1 aromatic carbocycles. The quantitative estimate of drug-likeness (QED) is 0.549. The van der Waals surface area contributed by atoms with E-state index < -0.39 is 0 Å². The average molecular weight is 332 g/mol. The Morgan fingerprint density at radius 1 is 1.20 bits per heavy atom. The van der Waals surface area contributed by atoms with Gasteiger partial charge in [0.2, 0.25) is 6.41 Å². The van der Waals surface area contributed by atoms with Crippen molar-refractivity contribution < 1.29 is 4.79 Å². The number of hydrogen-bond donors (Lipinski definition) is 2. The molecule has 0 spiro atoms. The fraction of sp³-hybridized carbons (Fsp3) is 0.111. The first-order chi connectivity index (χ1) is 12.2. The van der Waals surface area contributed by atoms with Crippen LogP contribution in [-0.2, 0) is 18.4 Å². The maximum Gasteiger partial charge on any atom is 0.207 e. The fourth-order valence-electron chi connectivity index (χ4n) is 2.79. The molecule has 124 valence electrons. The molecule has 0 aliphatic heterocycles. The van der Waals surface area contributed by atoms with Crippen molar-refractivity contribution >= 4 is 17.6 Å². The standard InChI is InChI=1S/C18H16N6O/c1-24-10-14(9-21-24)17-22-16-15(6-7-20-18(16)23-17)13-4-2-12(3-5-13)8-19-11-25/h2-7,9-11H,8H2,1H3,(H,19,25)(H,20,22,23). The Labute approximate surface area is 143 Å². The molecule has 2 N–H and O–H groups in total. The van der Waals surface area contributed by atoms with Crippen molar-refractivity contribution in [1.29, 1.82) is 0 Å². The van der Waals surface area contributed by atoms with Crippen LogP contribution < -0.4 is 5.32 Å². The number of aromatic amines is 1.